The van der Waals surface area contributed by atoms with E-state index in [0.29, 0.717) is 17.3 Å². The van der Waals surface area contributed by atoms with E-state index in [9.17, 15) is 9.18 Å². The van der Waals surface area contributed by atoms with Crippen LogP contribution < -0.4 is 16.0 Å². The minimum atomic E-state index is -0.367. The molecule has 3 rings (SSSR count). The second-order valence-electron chi connectivity index (χ2n) is 5.84. The lowest BCUT2D eigenvalue weighted by Gasteiger charge is -2.22. The minimum absolute atomic E-state index is 0.230. The van der Waals surface area contributed by atoms with Crippen LogP contribution >= 0.6 is 0 Å². The molecular weight excluding hydrogens is 309 g/mol. The van der Waals surface area contributed by atoms with E-state index in [4.69, 9.17) is 0 Å². The van der Waals surface area contributed by atoms with Crippen molar-refractivity contribution in [3.05, 3.63) is 42.2 Å². The van der Waals surface area contributed by atoms with Crippen molar-refractivity contribution in [3.63, 3.8) is 0 Å². The van der Waals surface area contributed by atoms with Gasteiger partial charge in [-0.25, -0.2) is 9.18 Å². The van der Waals surface area contributed by atoms with Crippen LogP contribution in [0.3, 0.4) is 0 Å². The Labute approximate surface area is 139 Å². The third-order valence-electron chi connectivity index (χ3n) is 3.98. The van der Waals surface area contributed by atoms with E-state index in [1.165, 1.54) is 12.5 Å². The Bertz CT molecular complexity index is 686. The second kappa shape index (κ2) is 7.72. The van der Waals surface area contributed by atoms with Gasteiger partial charge in [-0.2, -0.15) is 0 Å². The summed E-state index contributed by atoms with van der Waals surface area (Å²) in [6.45, 7) is 0. The number of carbonyl (C=O) groups is 1. The topological polar surface area (TPSA) is 78.9 Å². The molecule has 0 radical (unpaired) electrons. The van der Waals surface area contributed by atoms with Gasteiger partial charge in [-0.1, -0.05) is 31.4 Å². The van der Waals surface area contributed by atoms with E-state index in [1.807, 2.05) is 0 Å². The molecule has 0 spiro atoms. The summed E-state index contributed by atoms with van der Waals surface area (Å²) in [7, 11) is 0. The van der Waals surface area contributed by atoms with Gasteiger partial charge >= 0.3 is 6.03 Å². The highest BCUT2D eigenvalue weighted by molar-refractivity contribution is 5.88. The van der Waals surface area contributed by atoms with Crippen LogP contribution in [-0.4, -0.2) is 22.3 Å². The Morgan fingerprint density at radius 2 is 1.71 bits per heavy atom. The number of benzene rings is 1. The zero-order valence-corrected chi connectivity index (χ0v) is 13.3. The first kappa shape index (κ1) is 16.2. The molecule has 126 valence electrons. The molecule has 0 saturated heterocycles. The maximum atomic E-state index is 13.6. The number of aromatic nitrogens is 2. The molecule has 24 heavy (non-hydrogen) atoms. The van der Waals surface area contributed by atoms with Gasteiger partial charge in [0.2, 0.25) is 0 Å². The maximum absolute atomic E-state index is 13.6. The molecule has 0 unspecified atom stereocenters. The van der Waals surface area contributed by atoms with Crippen molar-refractivity contribution in [3.8, 4) is 0 Å². The van der Waals surface area contributed by atoms with E-state index in [-0.39, 0.29) is 17.9 Å². The molecule has 2 amide bonds. The number of anilines is 3. The molecule has 0 aliphatic heterocycles. The summed E-state index contributed by atoms with van der Waals surface area (Å²) in [5.74, 6) is 0.383. The number of hydrogen-bond acceptors (Lipinski definition) is 4. The van der Waals surface area contributed by atoms with E-state index in [2.05, 4.69) is 26.1 Å². The highest BCUT2D eigenvalue weighted by Crippen LogP contribution is 2.19. The lowest BCUT2D eigenvalue weighted by Crippen LogP contribution is -2.39. The van der Waals surface area contributed by atoms with E-state index in [1.54, 1.807) is 30.3 Å². The molecule has 1 aromatic carbocycles. The van der Waals surface area contributed by atoms with Crippen LogP contribution in [0.25, 0.3) is 0 Å². The lowest BCUT2D eigenvalue weighted by molar-refractivity contribution is 0.244. The molecule has 1 aromatic heterocycles. The monoisotopic (exact) mass is 329 g/mol. The molecule has 0 atom stereocenters. The molecule has 1 fully saturated rings. The number of nitrogens with zero attached hydrogens (tertiary/aromatic N) is 2. The van der Waals surface area contributed by atoms with Crippen LogP contribution in [0.2, 0.25) is 0 Å². The summed E-state index contributed by atoms with van der Waals surface area (Å²) in [5, 5.41) is 16.3. The third-order valence-corrected chi connectivity index (χ3v) is 3.98. The van der Waals surface area contributed by atoms with Crippen molar-refractivity contribution in [1.82, 2.24) is 15.5 Å². The normalized spacial score (nSPS) is 14.9. The van der Waals surface area contributed by atoms with Crippen molar-refractivity contribution >= 4 is 23.4 Å². The van der Waals surface area contributed by atoms with Crippen molar-refractivity contribution in [2.45, 2.75) is 38.1 Å². The highest BCUT2D eigenvalue weighted by atomic mass is 19.1. The van der Waals surface area contributed by atoms with Crippen molar-refractivity contribution in [2.75, 3.05) is 10.6 Å². The summed E-state index contributed by atoms with van der Waals surface area (Å²) < 4.78 is 13.6. The van der Waals surface area contributed by atoms with Gasteiger partial charge in [-0.05, 0) is 37.1 Å². The predicted molar refractivity (Wildman–Crippen MR) is 90.7 cm³/mol. The molecule has 1 aliphatic rings. The van der Waals surface area contributed by atoms with Gasteiger partial charge in [-0.15, -0.1) is 10.2 Å². The second-order valence-corrected chi connectivity index (χ2v) is 5.84. The molecule has 0 bridgehead atoms. The first-order valence-corrected chi connectivity index (χ1v) is 8.13. The molecule has 3 N–H and O–H groups in total. The van der Waals surface area contributed by atoms with Gasteiger partial charge in [0.1, 0.15) is 5.82 Å². The number of rotatable bonds is 4. The first-order valence-electron chi connectivity index (χ1n) is 8.13. The highest BCUT2D eigenvalue weighted by Gasteiger charge is 2.15. The van der Waals surface area contributed by atoms with Crippen LogP contribution in [0.15, 0.2) is 36.4 Å². The molecule has 6 nitrogen and oxygen atoms in total. The zero-order chi connectivity index (χ0) is 16.8. The van der Waals surface area contributed by atoms with E-state index < -0.39 is 0 Å². The average Bonchev–Trinajstić information content (AvgIpc) is 2.59. The van der Waals surface area contributed by atoms with Crippen molar-refractivity contribution in [2.24, 2.45) is 0 Å². The van der Waals surface area contributed by atoms with Gasteiger partial charge < -0.3 is 10.6 Å². The van der Waals surface area contributed by atoms with Crippen molar-refractivity contribution < 1.29 is 9.18 Å². The maximum Gasteiger partial charge on any atom is 0.320 e. The Balaban J connectivity index is 1.54. The Hall–Kier alpha value is -2.70. The molecular formula is C17H20FN5O. The summed E-state index contributed by atoms with van der Waals surface area (Å²) in [5.41, 5.74) is 0.322. The van der Waals surface area contributed by atoms with Gasteiger partial charge in [0.15, 0.2) is 11.6 Å². The number of urea groups is 1. The van der Waals surface area contributed by atoms with Crippen molar-refractivity contribution in [1.29, 1.82) is 0 Å². The summed E-state index contributed by atoms with van der Waals surface area (Å²) in [6, 6.07) is 9.53. The fourth-order valence-corrected chi connectivity index (χ4v) is 2.75. The van der Waals surface area contributed by atoms with Crippen LogP contribution in [0.1, 0.15) is 32.1 Å². The fourth-order valence-electron chi connectivity index (χ4n) is 2.75. The minimum Gasteiger partial charge on any atom is -0.336 e. The summed E-state index contributed by atoms with van der Waals surface area (Å²) in [4.78, 5) is 11.9. The number of nitrogens with one attached hydrogen (secondary N) is 3. The number of halogens is 1. The number of para-hydroxylation sites is 1. The number of hydrogen-bond donors (Lipinski definition) is 3. The summed E-state index contributed by atoms with van der Waals surface area (Å²) in [6.07, 6.45) is 5.58. The number of carbonyl (C=O) groups excluding carboxylic acids is 1. The third kappa shape index (κ3) is 4.41. The van der Waals surface area contributed by atoms with E-state index >= 15 is 0 Å². The van der Waals surface area contributed by atoms with Crippen LogP contribution in [0.4, 0.5) is 26.5 Å². The molecule has 1 heterocycles. The van der Waals surface area contributed by atoms with Crippen LogP contribution in [0.5, 0.6) is 0 Å². The molecule has 7 heteroatoms. The fraction of sp³-hybridized carbons (Fsp3) is 0.353. The number of amides is 2. The van der Waals surface area contributed by atoms with Gasteiger partial charge in [-0.3, -0.25) is 5.32 Å². The van der Waals surface area contributed by atoms with Gasteiger partial charge in [0.05, 0.1) is 5.69 Å². The van der Waals surface area contributed by atoms with Crippen LogP contribution in [-0.2, 0) is 0 Å². The SMILES string of the molecule is O=C(Nc1ccc(Nc2ccccc2F)nn1)NC1CCCCC1. The van der Waals surface area contributed by atoms with E-state index in [0.717, 1.165) is 25.7 Å². The zero-order valence-electron chi connectivity index (χ0n) is 13.3. The molecule has 1 saturated carbocycles. The Kier molecular flexibility index (Phi) is 5.20. The quantitative estimate of drug-likeness (QED) is 0.797. The smallest absolute Gasteiger partial charge is 0.320 e. The standard InChI is InChI=1S/C17H20FN5O/c18-13-8-4-5-9-14(13)20-15-10-11-16(23-22-15)21-17(24)19-12-6-2-1-3-7-12/h4-5,8-12H,1-3,6-7H2,(H,20,22)(H2,19,21,23,24). The first-order chi connectivity index (χ1) is 11.7. The van der Waals surface area contributed by atoms with Gasteiger partial charge in [0, 0.05) is 6.04 Å². The predicted octanol–water partition coefficient (Wildman–Crippen LogP) is 3.81. The lowest BCUT2D eigenvalue weighted by atomic mass is 9.96. The Morgan fingerprint density at radius 3 is 2.42 bits per heavy atom. The van der Waals surface area contributed by atoms with Crippen LogP contribution in [0, 0.1) is 5.82 Å². The molecule has 1 aliphatic carbocycles. The summed E-state index contributed by atoms with van der Waals surface area (Å²) >= 11 is 0. The average molecular weight is 329 g/mol. The Morgan fingerprint density at radius 1 is 1.00 bits per heavy atom. The molecule has 2 aromatic rings. The largest absolute Gasteiger partial charge is 0.336 e. The van der Waals surface area contributed by atoms with Gasteiger partial charge in [0.25, 0.3) is 0 Å².